The van der Waals surface area contributed by atoms with Crippen LogP contribution in [0.4, 0.5) is 0 Å². The average Bonchev–Trinajstić information content (AvgIpc) is 3.30. The third-order valence-corrected chi connectivity index (χ3v) is 4.68. The number of aliphatic hydroxyl groups is 1. The molecule has 8 heteroatoms. The smallest absolute Gasteiger partial charge is 0.273 e. The largest absolute Gasteiger partial charge is 0.422 e. The first-order valence-corrected chi connectivity index (χ1v) is 8.92. The Bertz CT molecular complexity index is 913. The maximum Gasteiger partial charge on any atom is 0.273 e. The number of carbonyl (C=O) groups is 1. The monoisotopic (exact) mass is 368 g/mol. The molecule has 0 aliphatic heterocycles. The number of rotatable bonds is 6. The van der Waals surface area contributed by atoms with Crippen LogP contribution in [0.25, 0.3) is 11.3 Å². The molecule has 1 aromatic carbocycles. The number of nitrogens with zero attached hydrogens (tertiary/aromatic N) is 3. The van der Waals surface area contributed by atoms with Crippen molar-refractivity contribution in [2.24, 2.45) is 5.92 Å². The Balaban J connectivity index is 1.27. The lowest BCUT2D eigenvalue weighted by Crippen LogP contribution is -2.45. The van der Waals surface area contributed by atoms with Crippen LogP contribution in [0, 0.1) is 5.92 Å². The number of hydrogen-bond acceptors (Lipinski definition) is 7. The van der Waals surface area contributed by atoms with E-state index in [-0.39, 0.29) is 23.5 Å². The molecule has 1 atom stereocenters. The van der Waals surface area contributed by atoms with Crippen LogP contribution in [0.1, 0.15) is 48.1 Å². The molecule has 1 aliphatic rings. The van der Waals surface area contributed by atoms with Crippen molar-refractivity contribution in [1.82, 2.24) is 20.7 Å². The standard InChI is InChI=1S/C19H20N4O4/c1-11(24)19-22-21-17(26-19)9-12-7-14(8-12)20-18(25)15-10-16(27-23-15)13-5-3-2-4-6-13/h2-6,10-12,14,24H,7-9H2,1H3,(H,20,25). The molecule has 1 unspecified atom stereocenters. The number of benzene rings is 1. The van der Waals surface area contributed by atoms with Crippen molar-refractivity contribution in [2.45, 2.75) is 38.3 Å². The van der Waals surface area contributed by atoms with E-state index in [1.54, 1.807) is 13.0 Å². The summed E-state index contributed by atoms with van der Waals surface area (Å²) in [5.41, 5.74) is 1.15. The van der Waals surface area contributed by atoms with Gasteiger partial charge in [-0.3, -0.25) is 4.79 Å². The predicted molar refractivity (Wildman–Crippen MR) is 94.6 cm³/mol. The summed E-state index contributed by atoms with van der Waals surface area (Å²) >= 11 is 0. The molecule has 3 aromatic rings. The molecule has 2 N–H and O–H groups in total. The van der Waals surface area contributed by atoms with Crippen LogP contribution in [0.3, 0.4) is 0 Å². The number of aliphatic hydroxyl groups excluding tert-OH is 1. The fourth-order valence-corrected chi connectivity index (χ4v) is 3.17. The minimum Gasteiger partial charge on any atom is -0.422 e. The van der Waals surface area contributed by atoms with Crippen molar-refractivity contribution < 1.29 is 18.8 Å². The Labute approximate surface area is 155 Å². The van der Waals surface area contributed by atoms with Gasteiger partial charge in [0.1, 0.15) is 6.10 Å². The minimum absolute atomic E-state index is 0.0959. The lowest BCUT2D eigenvalue weighted by Gasteiger charge is -2.34. The highest BCUT2D eigenvalue weighted by Gasteiger charge is 2.32. The molecule has 0 spiro atoms. The Morgan fingerprint density at radius 3 is 2.78 bits per heavy atom. The number of aromatic nitrogens is 3. The van der Waals surface area contributed by atoms with Crippen LogP contribution in [-0.2, 0) is 6.42 Å². The van der Waals surface area contributed by atoms with Gasteiger partial charge in [-0.05, 0) is 25.7 Å². The van der Waals surface area contributed by atoms with Gasteiger partial charge in [0.2, 0.25) is 11.8 Å². The minimum atomic E-state index is -0.761. The maximum absolute atomic E-state index is 12.3. The molecule has 1 fully saturated rings. The summed E-state index contributed by atoms with van der Waals surface area (Å²) in [7, 11) is 0. The normalized spacial score (nSPS) is 20.1. The van der Waals surface area contributed by atoms with E-state index in [0.29, 0.717) is 24.0 Å². The first-order valence-electron chi connectivity index (χ1n) is 8.92. The Hall–Kier alpha value is -3.00. The summed E-state index contributed by atoms with van der Waals surface area (Å²) in [6.07, 6.45) is 1.56. The second-order valence-corrected chi connectivity index (χ2v) is 6.86. The molecule has 2 heterocycles. The second-order valence-electron chi connectivity index (χ2n) is 6.86. The van der Waals surface area contributed by atoms with Crippen LogP contribution in [0.15, 0.2) is 45.3 Å². The highest BCUT2D eigenvalue weighted by molar-refractivity contribution is 5.93. The number of carbonyl (C=O) groups excluding carboxylic acids is 1. The van der Waals surface area contributed by atoms with Crippen LogP contribution < -0.4 is 5.32 Å². The predicted octanol–water partition coefficient (Wildman–Crippen LogP) is 2.53. The van der Waals surface area contributed by atoms with E-state index in [9.17, 15) is 9.90 Å². The van der Waals surface area contributed by atoms with Crippen molar-refractivity contribution in [3.63, 3.8) is 0 Å². The highest BCUT2D eigenvalue weighted by Crippen LogP contribution is 2.31. The summed E-state index contributed by atoms with van der Waals surface area (Å²) in [4.78, 5) is 12.3. The van der Waals surface area contributed by atoms with Crippen molar-refractivity contribution in [2.75, 3.05) is 0 Å². The zero-order valence-electron chi connectivity index (χ0n) is 14.8. The Kier molecular flexibility index (Phi) is 4.72. The molecule has 140 valence electrons. The van der Waals surface area contributed by atoms with Crippen molar-refractivity contribution in [1.29, 1.82) is 0 Å². The molecule has 1 saturated carbocycles. The average molecular weight is 368 g/mol. The van der Waals surface area contributed by atoms with Gasteiger partial charge >= 0.3 is 0 Å². The SMILES string of the molecule is CC(O)c1nnc(CC2CC(NC(=O)c3cc(-c4ccccc4)on3)C2)o1. The van der Waals surface area contributed by atoms with E-state index in [2.05, 4.69) is 20.7 Å². The van der Waals surface area contributed by atoms with Gasteiger partial charge in [0, 0.05) is 24.1 Å². The molecule has 1 aliphatic carbocycles. The van der Waals surface area contributed by atoms with Gasteiger partial charge in [0.25, 0.3) is 5.91 Å². The number of amides is 1. The quantitative estimate of drug-likeness (QED) is 0.687. The Morgan fingerprint density at radius 2 is 2.07 bits per heavy atom. The molecular formula is C19H20N4O4. The summed E-state index contributed by atoms with van der Waals surface area (Å²) < 4.78 is 10.7. The lowest BCUT2D eigenvalue weighted by molar-refractivity contribution is 0.0877. The first kappa shape index (κ1) is 17.4. The molecule has 0 saturated heterocycles. The summed E-state index contributed by atoms with van der Waals surface area (Å²) in [6, 6.07) is 11.3. The molecular weight excluding hydrogens is 348 g/mol. The van der Waals surface area contributed by atoms with Crippen LogP contribution in [-0.4, -0.2) is 32.4 Å². The summed E-state index contributed by atoms with van der Waals surface area (Å²) in [5.74, 6) is 1.45. The Morgan fingerprint density at radius 1 is 1.30 bits per heavy atom. The van der Waals surface area contributed by atoms with Crippen LogP contribution >= 0.6 is 0 Å². The van der Waals surface area contributed by atoms with Gasteiger partial charge < -0.3 is 19.4 Å². The van der Waals surface area contributed by atoms with Crippen molar-refractivity contribution in [3.05, 3.63) is 53.9 Å². The molecule has 0 bridgehead atoms. The molecule has 8 nitrogen and oxygen atoms in total. The zero-order chi connectivity index (χ0) is 18.8. The van der Waals surface area contributed by atoms with Gasteiger partial charge in [-0.15, -0.1) is 10.2 Å². The summed E-state index contributed by atoms with van der Waals surface area (Å²) in [5, 5.41) is 24.0. The lowest BCUT2D eigenvalue weighted by atomic mass is 9.78. The van der Waals surface area contributed by atoms with E-state index in [1.807, 2.05) is 30.3 Å². The molecule has 1 amide bonds. The topological polar surface area (TPSA) is 114 Å². The highest BCUT2D eigenvalue weighted by atomic mass is 16.5. The fraction of sp³-hybridized carbons (Fsp3) is 0.368. The third kappa shape index (κ3) is 3.90. The van der Waals surface area contributed by atoms with Crippen LogP contribution in [0.2, 0.25) is 0 Å². The van der Waals surface area contributed by atoms with E-state index in [0.717, 1.165) is 18.4 Å². The van der Waals surface area contributed by atoms with Crippen molar-refractivity contribution >= 4 is 5.91 Å². The van der Waals surface area contributed by atoms with Gasteiger partial charge in [-0.1, -0.05) is 35.5 Å². The van der Waals surface area contributed by atoms with E-state index >= 15 is 0 Å². The first-order chi connectivity index (χ1) is 13.1. The van der Waals surface area contributed by atoms with E-state index in [4.69, 9.17) is 8.94 Å². The fourth-order valence-electron chi connectivity index (χ4n) is 3.17. The molecule has 2 aromatic heterocycles. The van der Waals surface area contributed by atoms with Gasteiger partial charge in [-0.25, -0.2) is 0 Å². The van der Waals surface area contributed by atoms with Crippen LogP contribution in [0.5, 0.6) is 0 Å². The molecule has 0 radical (unpaired) electrons. The third-order valence-electron chi connectivity index (χ3n) is 4.68. The van der Waals surface area contributed by atoms with Gasteiger partial charge in [0.15, 0.2) is 11.5 Å². The summed E-state index contributed by atoms with van der Waals surface area (Å²) in [6.45, 7) is 1.58. The van der Waals surface area contributed by atoms with E-state index < -0.39 is 6.10 Å². The second kappa shape index (κ2) is 7.32. The maximum atomic E-state index is 12.3. The number of hydrogen-bond donors (Lipinski definition) is 2. The number of nitrogens with one attached hydrogen (secondary N) is 1. The van der Waals surface area contributed by atoms with Gasteiger partial charge in [-0.2, -0.15) is 0 Å². The molecule has 27 heavy (non-hydrogen) atoms. The van der Waals surface area contributed by atoms with Crippen molar-refractivity contribution in [3.8, 4) is 11.3 Å². The van der Waals surface area contributed by atoms with E-state index in [1.165, 1.54) is 0 Å². The molecule has 4 rings (SSSR count). The zero-order valence-corrected chi connectivity index (χ0v) is 14.8. The van der Waals surface area contributed by atoms with Gasteiger partial charge in [0.05, 0.1) is 0 Å².